The van der Waals surface area contributed by atoms with E-state index in [0.717, 1.165) is 32.2 Å². The van der Waals surface area contributed by atoms with E-state index in [2.05, 4.69) is 94.8 Å². The molecule has 2 aromatic heterocycles. The fourth-order valence-corrected chi connectivity index (χ4v) is 5.50. The van der Waals surface area contributed by atoms with Crippen LogP contribution in [0.15, 0.2) is 24.3 Å². The van der Waals surface area contributed by atoms with Gasteiger partial charge >= 0.3 is 0 Å². The van der Waals surface area contributed by atoms with E-state index in [1.165, 1.54) is 56.2 Å². The summed E-state index contributed by atoms with van der Waals surface area (Å²) in [7, 11) is 4.31. The molecule has 0 saturated carbocycles. The Labute approximate surface area is 189 Å². The number of benzene rings is 1. The van der Waals surface area contributed by atoms with Gasteiger partial charge in [0.1, 0.15) is 0 Å². The van der Waals surface area contributed by atoms with Crippen LogP contribution in [0.1, 0.15) is 89.8 Å². The second kappa shape index (κ2) is 9.91. The van der Waals surface area contributed by atoms with E-state index in [9.17, 15) is 0 Å². The first kappa shape index (κ1) is 23.4. The number of hydrogen-bond acceptors (Lipinski definition) is 1. The van der Waals surface area contributed by atoms with E-state index in [-0.39, 0.29) is 5.92 Å². The number of aromatic nitrogens is 2. The second-order valence-electron chi connectivity index (χ2n) is 9.03. The number of aryl methyl sites for hydroxylation is 2. The van der Waals surface area contributed by atoms with Crippen molar-refractivity contribution in [3.05, 3.63) is 80.4 Å². The highest BCUT2D eigenvalue weighted by Gasteiger charge is 2.29. The lowest BCUT2D eigenvalue weighted by Crippen LogP contribution is -2.16. The molecular formula is C28H41N3. The highest BCUT2D eigenvalue weighted by molar-refractivity contribution is 5.53. The molecule has 0 bridgehead atoms. The van der Waals surface area contributed by atoms with Crippen molar-refractivity contribution in [2.75, 3.05) is 14.1 Å². The summed E-state index contributed by atoms with van der Waals surface area (Å²) in [6.45, 7) is 14.6. The zero-order valence-corrected chi connectivity index (χ0v) is 20.9. The molecule has 0 atom stereocenters. The molecule has 0 aliphatic heterocycles. The van der Waals surface area contributed by atoms with Gasteiger partial charge in [0.05, 0.1) is 5.92 Å². The zero-order chi connectivity index (χ0) is 22.7. The van der Waals surface area contributed by atoms with Crippen molar-refractivity contribution in [1.82, 2.24) is 14.9 Å². The predicted molar refractivity (Wildman–Crippen MR) is 133 cm³/mol. The van der Waals surface area contributed by atoms with Crippen molar-refractivity contribution in [3.8, 4) is 0 Å². The summed E-state index contributed by atoms with van der Waals surface area (Å²) >= 11 is 0. The molecule has 3 nitrogen and oxygen atoms in total. The minimum atomic E-state index is 0.194. The van der Waals surface area contributed by atoms with E-state index in [1.807, 2.05) is 0 Å². The van der Waals surface area contributed by atoms with Crippen LogP contribution in [0.2, 0.25) is 0 Å². The average molecular weight is 420 g/mol. The summed E-state index contributed by atoms with van der Waals surface area (Å²) in [5.74, 6) is 0.194. The molecule has 0 aliphatic carbocycles. The Morgan fingerprint density at radius 3 is 1.58 bits per heavy atom. The van der Waals surface area contributed by atoms with Gasteiger partial charge in [-0.1, -0.05) is 52.0 Å². The van der Waals surface area contributed by atoms with Gasteiger partial charge in [0.15, 0.2) is 0 Å². The Kier molecular flexibility index (Phi) is 7.48. The maximum atomic E-state index is 3.86. The molecule has 0 fully saturated rings. The number of hydrogen-bond donors (Lipinski definition) is 2. The van der Waals surface area contributed by atoms with Crippen molar-refractivity contribution in [2.45, 2.75) is 79.7 Å². The third-order valence-electron chi connectivity index (χ3n) is 6.77. The lowest BCUT2D eigenvalue weighted by Gasteiger charge is -2.24. The maximum absolute atomic E-state index is 3.86. The van der Waals surface area contributed by atoms with Gasteiger partial charge in [-0.05, 0) is 87.0 Å². The maximum Gasteiger partial charge on any atom is 0.0650 e. The topological polar surface area (TPSA) is 34.8 Å². The third kappa shape index (κ3) is 4.39. The third-order valence-corrected chi connectivity index (χ3v) is 6.77. The SMILES string of the molecule is CCc1c(C)[nH]c(C(c2ccccc2CN(C)C)c2[nH]c(C)c(CC)c2CC)c1CC. The van der Waals surface area contributed by atoms with E-state index in [4.69, 9.17) is 0 Å². The van der Waals surface area contributed by atoms with Crippen molar-refractivity contribution in [1.29, 1.82) is 0 Å². The number of rotatable bonds is 9. The number of aromatic amines is 2. The predicted octanol–water partition coefficient (Wildman–Crippen LogP) is 6.45. The van der Waals surface area contributed by atoms with E-state index in [1.54, 1.807) is 0 Å². The minimum absolute atomic E-state index is 0.194. The lowest BCUT2D eigenvalue weighted by molar-refractivity contribution is 0.400. The quantitative estimate of drug-likeness (QED) is 0.410. The number of H-pyrrole nitrogens is 2. The van der Waals surface area contributed by atoms with Gasteiger partial charge in [-0.3, -0.25) is 0 Å². The molecular weight excluding hydrogens is 378 g/mol. The summed E-state index contributed by atoms with van der Waals surface area (Å²) in [4.78, 5) is 9.98. The first-order valence-electron chi connectivity index (χ1n) is 12.0. The molecule has 0 aliphatic rings. The van der Waals surface area contributed by atoms with Crippen molar-refractivity contribution in [2.24, 2.45) is 0 Å². The van der Waals surface area contributed by atoms with E-state index in [0.29, 0.717) is 0 Å². The van der Waals surface area contributed by atoms with Crippen molar-refractivity contribution >= 4 is 0 Å². The molecule has 3 rings (SSSR count). The van der Waals surface area contributed by atoms with Crippen LogP contribution in [0.3, 0.4) is 0 Å². The molecule has 31 heavy (non-hydrogen) atoms. The van der Waals surface area contributed by atoms with Crippen LogP contribution in [0, 0.1) is 13.8 Å². The van der Waals surface area contributed by atoms with Crippen LogP contribution in [-0.2, 0) is 32.2 Å². The van der Waals surface area contributed by atoms with Gasteiger partial charge in [0.25, 0.3) is 0 Å². The van der Waals surface area contributed by atoms with E-state index < -0.39 is 0 Å². The molecule has 0 spiro atoms. The fraction of sp³-hybridized carbons (Fsp3) is 0.500. The van der Waals surface area contributed by atoms with Crippen LogP contribution in [-0.4, -0.2) is 29.0 Å². The molecule has 0 saturated heterocycles. The summed E-state index contributed by atoms with van der Waals surface area (Å²) in [6.07, 6.45) is 4.25. The molecule has 2 N–H and O–H groups in total. The standard InChI is InChI=1S/C28H41N3/c1-9-21-18(5)29-27(23(21)11-3)26(25-16-14-13-15-20(25)17-31(7)8)28-24(12-4)22(10-2)19(6)30-28/h13-16,26,29-30H,9-12,17H2,1-8H3. The second-order valence-corrected chi connectivity index (χ2v) is 9.03. The van der Waals surface area contributed by atoms with Crippen molar-refractivity contribution in [3.63, 3.8) is 0 Å². The molecule has 0 amide bonds. The normalized spacial score (nSPS) is 11.8. The summed E-state index contributed by atoms with van der Waals surface area (Å²) in [5.41, 5.74) is 14.2. The van der Waals surface area contributed by atoms with Crippen LogP contribution in [0.25, 0.3) is 0 Å². The van der Waals surface area contributed by atoms with Gasteiger partial charge in [-0.15, -0.1) is 0 Å². The van der Waals surface area contributed by atoms with Crippen LogP contribution < -0.4 is 0 Å². The van der Waals surface area contributed by atoms with Gasteiger partial charge in [0.2, 0.25) is 0 Å². The average Bonchev–Trinajstić information content (AvgIpc) is 3.24. The first-order chi connectivity index (χ1) is 14.9. The van der Waals surface area contributed by atoms with Gasteiger partial charge in [0, 0.05) is 29.3 Å². The van der Waals surface area contributed by atoms with Crippen LogP contribution >= 0.6 is 0 Å². The highest BCUT2D eigenvalue weighted by atomic mass is 15.0. The lowest BCUT2D eigenvalue weighted by atomic mass is 9.83. The van der Waals surface area contributed by atoms with E-state index >= 15 is 0 Å². The zero-order valence-electron chi connectivity index (χ0n) is 20.9. The molecule has 168 valence electrons. The highest BCUT2D eigenvalue weighted by Crippen LogP contribution is 2.40. The number of nitrogens with one attached hydrogen (secondary N) is 2. The Bertz CT molecular complexity index is 963. The van der Waals surface area contributed by atoms with Crippen LogP contribution in [0.4, 0.5) is 0 Å². The Morgan fingerprint density at radius 2 is 1.16 bits per heavy atom. The molecule has 2 heterocycles. The molecule has 0 radical (unpaired) electrons. The van der Waals surface area contributed by atoms with Gasteiger partial charge in [-0.25, -0.2) is 0 Å². The Hall–Kier alpha value is -2.26. The monoisotopic (exact) mass is 419 g/mol. The summed E-state index contributed by atoms with van der Waals surface area (Å²) in [6, 6.07) is 9.01. The molecule has 1 aromatic carbocycles. The first-order valence-corrected chi connectivity index (χ1v) is 12.0. The Morgan fingerprint density at radius 1 is 0.710 bits per heavy atom. The number of nitrogens with zero attached hydrogens (tertiary/aromatic N) is 1. The molecule has 3 aromatic rings. The van der Waals surface area contributed by atoms with Gasteiger partial charge in [-0.2, -0.15) is 0 Å². The summed E-state index contributed by atoms with van der Waals surface area (Å²) in [5, 5.41) is 0. The fourth-order valence-electron chi connectivity index (χ4n) is 5.50. The van der Waals surface area contributed by atoms with Crippen molar-refractivity contribution < 1.29 is 0 Å². The minimum Gasteiger partial charge on any atom is -0.361 e. The molecule has 0 unspecified atom stereocenters. The Balaban J connectivity index is 2.36. The molecule has 3 heteroatoms. The smallest absolute Gasteiger partial charge is 0.0650 e. The summed E-state index contributed by atoms with van der Waals surface area (Å²) < 4.78 is 0. The van der Waals surface area contributed by atoms with Crippen LogP contribution in [0.5, 0.6) is 0 Å². The largest absolute Gasteiger partial charge is 0.361 e. The van der Waals surface area contributed by atoms with Gasteiger partial charge < -0.3 is 14.9 Å².